The topological polar surface area (TPSA) is 29.0 Å². The molecule has 0 aliphatic carbocycles. The van der Waals surface area contributed by atoms with Gasteiger partial charge in [-0.25, -0.2) is 0 Å². The van der Waals surface area contributed by atoms with Crippen LogP contribution in [0.2, 0.25) is 0 Å². The van der Waals surface area contributed by atoms with E-state index >= 15 is 0 Å². The third-order valence-electron chi connectivity index (χ3n) is 4.17. The summed E-state index contributed by atoms with van der Waals surface area (Å²) in [4.78, 5) is 2.33. The maximum absolute atomic E-state index is 6.14. The van der Waals surface area contributed by atoms with E-state index in [2.05, 4.69) is 40.2 Å². The highest BCUT2D eigenvalue weighted by molar-refractivity contribution is 6.18. The van der Waals surface area contributed by atoms with Crippen LogP contribution < -0.4 is 4.90 Å². The summed E-state index contributed by atoms with van der Waals surface area (Å²) in [6, 6.07) is 8.70. The van der Waals surface area contributed by atoms with E-state index in [1.54, 1.807) is 0 Å². The van der Waals surface area contributed by atoms with Crippen molar-refractivity contribution < 1.29 is 0 Å². The molecule has 2 aromatic rings. The highest BCUT2D eigenvalue weighted by atomic mass is 35.5. The first-order valence-electron chi connectivity index (χ1n) is 6.77. The third kappa shape index (κ3) is 2.06. The Balaban J connectivity index is 2.13. The van der Waals surface area contributed by atoms with Crippen LogP contribution in [0.25, 0.3) is 10.8 Å². The Labute approximate surface area is 118 Å². The smallest absolute Gasteiger partial charge is 0.159 e. The zero-order valence-corrected chi connectivity index (χ0v) is 12.1. The normalized spacial score (nSPS) is 23.2. The molecule has 1 saturated heterocycles. The molecule has 1 aliphatic rings. The molecule has 2 unspecified atom stereocenters. The van der Waals surface area contributed by atoms with Crippen molar-refractivity contribution in [2.45, 2.75) is 26.3 Å². The highest BCUT2D eigenvalue weighted by Gasteiger charge is 2.32. The summed E-state index contributed by atoms with van der Waals surface area (Å²) in [6.45, 7) is 5.28. The van der Waals surface area contributed by atoms with Crippen LogP contribution in [0.5, 0.6) is 0 Å². The summed E-state index contributed by atoms with van der Waals surface area (Å²) in [5.74, 6) is 2.24. The van der Waals surface area contributed by atoms with Crippen LogP contribution in [0.15, 0.2) is 24.3 Å². The third-order valence-corrected chi connectivity index (χ3v) is 4.48. The zero-order valence-electron chi connectivity index (χ0n) is 11.3. The Kier molecular flexibility index (Phi) is 3.31. The second kappa shape index (κ2) is 4.97. The molecule has 0 amide bonds. The number of hydrogen-bond acceptors (Lipinski definition) is 3. The molecule has 1 fully saturated rings. The van der Waals surface area contributed by atoms with Gasteiger partial charge in [-0.2, -0.15) is 5.10 Å². The fourth-order valence-electron chi connectivity index (χ4n) is 2.94. The van der Waals surface area contributed by atoms with Crippen molar-refractivity contribution in [3.63, 3.8) is 0 Å². The maximum Gasteiger partial charge on any atom is 0.159 e. The first kappa shape index (κ1) is 12.7. The molecule has 0 bridgehead atoms. The van der Waals surface area contributed by atoms with Gasteiger partial charge in [-0.15, -0.1) is 16.7 Å². The number of aromatic nitrogens is 2. The minimum atomic E-state index is 0.363. The van der Waals surface area contributed by atoms with Gasteiger partial charge in [-0.3, -0.25) is 0 Å². The fraction of sp³-hybridized carbons (Fsp3) is 0.467. The Hall–Kier alpha value is -1.35. The maximum atomic E-state index is 6.14. The monoisotopic (exact) mass is 275 g/mol. The van der Waals surface area contributed by atoms with E-state index in [4.69, 9.17) is 11.6 Å². The molecule has 3 nitrogen and oxygen atoms in total. The molecule has 0 radical (unpaired) electrons. The number of hydrogen-bond donors (Lipinski definition) is 0. The van der Waals surface area contributed by atoms with E-state index in [-0.39, 0.29) is 0 Å². The van der Waals surface area contributed by atoms with Crippen LogP contribution in [0.4, 0.5) is 5.82 Å². The van der Waals surface area contributed by atoms with Crippen LogP contribution in [0, 0.1) is 12.8 Å². The van der Waals surface area contributed by atoms with Gasteiger partial charge < -0.3 is 4.90 Å². The quantitative estimate of drug-likeness (QED) is 0.787. The van der Waals surface area contributed by atoms with Gasteiger partial charge in [0, 0.05) is 29.2 Å². The van der Waals surface area contributed by atoms with Crippen molar-refractivity contribution in [2.75, 3.05) is 17.3 Å². The molecule has 2 heterocycles. The van der Waals surface area contributed by atoms with Gasteiger partial charge >= 0.3 is 0 Å². The average molecular weight is 276 g/mol. The fourth-order valence-corrected chi connectivity index (χ4v) is 3.41. The lowest BCUT2D eigenvalue weighted by Gasteiger charge is -2.26. The molecular formula is C15H18ClN3. The highest BCUT2D eigenvalue weighted by Crippen LogP contribution is 2.33. The molecule has 100 valence electrons. The Bertz CT molecular complexity index is 599. The number of alkyl halides is 1. The van der Waals surface area contributed by atoms with E-state index in [1.165, 1.54) is 17.2 Å². The van der Waals surface area contributed by atoms with Gasteiger partial charge in [0.05, 0.1) is 5.69 Å². The lowest BCUT2D eigenvalue weighted by atomic mass is 10.0. The second-order valence-corrected chi connectivity index (χ2v) is 5.64. The molecule has 0 saturated carbocycles. The molecule has 1 aliphatic heterocycles. The van der Waals surface area contributed by atoms with Crippen LogP contribution in [-0.2, 0) is 0 Å². The first-order valence-corrected chi connectivity index (χ1v) is 7.30. The Morgan fingerprint density at radius 1 is 1.26 bits per heavy atom. The van der Waals surface area contributed by atoms with Crippen molar-refractivity contribution >= 4 is 28.2 Å². The first-order chi connectivity index (χ1) is 9.22. The second-order valence-electron chi connectivity index (χ2n) is 5.34. The summed E-state index contributed by atoms with van der Waals surface area (Å²) >= 11 is 6.14. The van der Waals surface area contributed by atoms with Gasteiger partial charge in [-0.05, 0) is 19.3 Å². The van der Waals surface area contributed by atoms with Gasteiger partial charge in [-0.1, -0.05) is 31.2 Å². The van der Waals surface area contributed by atoms with Crippen molar-refractivity contribution in [2.24, 2.45) is 5.92 Å². The summed E-state index contributed by atoms with van der Waals surface area (Å²) in [5, 5.41) is 11.1. The summed E-state index contributed by atoms with van der Waals surface area (Å²) in [7, 11) is 0. The van der Waals surface area contributed by atoms with Crippen LogP contribution in [0.1, 0.15) is 19.0 Å². The van der Waals surface area contributed by atoms with E-state index in [9.17, 15) is 0 Å². The molecule has 1 aromatic carbocycles. The standard InChI is InChI=1S/C15H18ClN3/c1-10-7-8-19(14(10)9-16)15-13-6-4-3-5-12(13)11(2)17-18-15/h3-6,10,14H,7-9H2,1-2H3. The molecule has 3 rings (SSSR count). The van der Waals surface area contributed by atoms with Crippen molar-refractivity contribution in [1.82, 2.24) is 10.2 Å². The molecular weight excluding hydrogens is 258 g/mol. The largest absolute Gasteiger partial charge is 0.350 e. The number of benzene rings is 1. The van der Waals surface area contributed by atoms with Gasteiger partial charge in [0.25, 0.3) is 0 Å². The lowest BCUT2D eigenvalue weighted by Crippen LogP contribution is -2.34. The molecule has 19 heavy (non-hydrogen) atoms. The van der Waals surface area contributed by atoms with Gasteiger partial charge in [0.1, 0.15) is 0 Å². The Morgan fingerprint density at radius 2 is 2.00 bits per heavy atom. The summed E-state index contributed by atoms with van der Waals surface area (Å²) < 4.78 is 0. The lowest BCUT2D eigenvalue weighted by molar-refractivity contribution is 0.548. The molecule has 0 spiro atoms. The van der Waals surface area contributed by atoms with Crippen LogP contribution in [-0.4, -0.2) is 28.7 Å². The number of aryl methyl sites for hydroxylation is 1. The van der Waals surface area contributed by atoms with Crippen LogP contribution >= 0.6 is 11.6 Å². The number of rotatable bonds is 2. The minimum Gasteiger partial charge on any atom is -0.350 e. The van der Waals surface area contributed by atoms with Crippen molar-refractivity contribution in [1.29, 1.82) is 0 Å². The van der Waals surface area contributed by atoms with Crippen LogP contribution in [0.3, 0.4) is 0 Å². The van der Waals surface area contributed by atoms with E-state index < -0.39 is 0 Å². The van der Waals surface area contributed by atoms with Crippen molar-refractivity contribution in [3.05, 3.63) is 30.0 Å². The molecule has 2 atom stereocenters. The molecule has 4 heteroatoms. The average Bonchev–Trinajstić information content (AvgIpc) is 2.80. The predicted octanol–water partition coefficient (Wildman–Crippen LogP) is 3.39. The summed E-state index contributed by atoms with van der Waals surface area (Å²) in [6.07, 6.45) is 1.17. The number of nitrogens with zero attached hydrogens (tertiary/aromatic N) is 3. The van der Waals surface area contributed by atoms with Gasteiger partial charge in [0.15, 0.2) is 5.82 Å². The van der Waals surface area contributed by atoms with Gasteiger partial charge in [0.2, 0.25) is 0 Å². The summed E-state index contributed by atoms with van der Waals surface area (Å²) in [5.41, 5.74) is 0.981. The molecule has 0 N–H and O–H groups in total. The number of anilines is 1. The molecule has 1 aromatic heterocycles. The Morgan fingerprint density at radius 3 is 2.74 bits per heavy atom. The number of fused-ring (bicyclic) bond motifs is 1. The van der Waals surface area contributed by atoms with Crippen molar-refractivity contribution in [3.8, 4) is 0 Å². The van der Waals surface area contributed by atoms with E-state index in [0.29, 0.717) is 17.8 Å². The SMILES string of the molecule is Cc1nnc(N2CCC(C)C2CCl)c2ccccc12. The number of halogens is 1. The predicted molar refractivity (Wildman–Crippen MR) is 79.9 cm³/mol. The van der Waals surface area contributed by atoms with E-state index in [1.807, 2.05) is 13.0 Å². The zero-order chi connectivity index (χ0) is 13.4. The van der Waals surface area contributed by atoms with E-state index in [0.717, 1.165) is 18.1 Å². The minimum absolute atomic E-state index is 0.363.